The van der Waals surface area contributed by atoms with Crippen LogP contribution in [-0.4, -0.2) is 18.4 Å². The van der Waals surface area contributed by atoms with E-state index in [1.807, 2.05) is 32.0 Å². The number of aryl methyl sites for hydroxylation is 2. The van der Waals surface area contributed by atoms with E-state index in [0.717, 1.165) is 11.1 Å². The van der Waals surface area contributed by atoms with Crippen LogP contribution in [0.15, 0.2) is 36.4 Å². The minimum Gasteiger partial charge on any atom is -0.324 e. The molecule has 6 heteroatoms. The molecule has 0 aliphatic heterocycles. The number of amides is 2. The summed E-state index contributed by atoms with van der Waals surface area (Å²) >= 11 is 12.3. The average molecular weight is 365 g/mol. The van der Waals surface area contributed by atoms with Crippen molar-refractivity contribution in [3.63, 3.8) is 0 Å². The van der Waals surface area contributed by atoms with Crippen LogP contribution in [0.3, 0.4) is 0 Å². The molecule has 0 radical (unpaired) electrons. The molecule has 0 saturated carbocycles. The number of carbonyl (C=O) groups excluding carboxylic acids is 2. The molecule has 0 aromatic heterocycles. The largest absolute Gasteiger partial charge is 0.324 e. The van der Waals surface area contributed by atoms with Gasteiger partial charge in [-0.3, -0.25) is 9.59 Å². The minimum atomic E-state index is -0.326. The second kappa shape index (κ2) is 7.69. The molecule has 0 atom stereocenters. The van der Waals surface area contributed by atoms with Gasteiger partial charge in [-0.05, 0) is 37.6 Å². The van der Waals surface area contributed by atoms with Gasteiger partial charge < -0.3 is 10.2 Å². The number of carbonyl (C=O) groups is 2. The lowest BCUT2D eigenvalue weighted by molar-refractivity contribution is -0.120. The van der Waals surface area contributed by atoms with E-state index in [0.29, 0.717) is 21.4 Å². The summed E-state index contributed by atoms with van der Waals surface area (Å²) in [6.45, 7) is 5.09. The Labute approximate surface area is 151 Å². The summed E-state index contributed by atoms with van der Waals surface area (Å²) in [6, 6.07) is 10.7. The second-order valence-electron chi connectivity index (χ2n) is 5.54. The maximum Gasteiger partial charge on any atom is 0.244 e. The molecule has 0 aliphatic rings. The fourth-order valence-electron chi connectivity index (χ4n) is 2.38. The maximum absolute atomic E-state index is 12.4. The molecule has 0 bridgehead atoms. The van der Waals surface area contributed by atoms with E-state index in [2.05, 4.69) is 5.32 Å². The fraction of sp³-hybridized carbons (Fsp3) is 0.222. The van der Waals surface area contributed by atoms with Crippen LogP contribution in [0.5, 0.6) is 0 Å². The maximum atomic E-state index is 12.4. The van der Waals surface area contributed by atoms with Gasteiger partial charge in [0.2, 0.25) is 11.8 Å². The van der Waals surface area contributed by atoms with Crippen molar-refractivity contribution in [2.45, 2.75) is 20.8 Å². The summed E-state index contributed by atoms with van der Waals surface area (Å²) in [4.78, 5) is 25.6. The van der Waals surface area contributed by atoms with Crippen LogP contribution in [0.4, 0.5) is 11.4 Å². The number of hydrogen-bond donors (Lipinski definition) is 1. The molecule has 126 valence electrons. The van der Waals surface area contributed by atoms with Crippen LogP contribution in [0.25, 0.3) is 0 Å². The van der Waals surface area contributed by atoms with Crippen molar-refractivity contribution >= 4 is 46.4 Å². The van der Waals surface area contributed by atoms with Crippen molar-refractivity contribution in [2.75, 3.05) is 16.8 Å². The van der Waals surface area contributed by atoms with Crippen molar-refractivity contribution in [3.8, 4) is 0 Å². The highest BCUT2D eigenvalue weighted by Gasteiger charge is 2.21. The van der Waals surface area contributed by atoms with Crippen molar-refractivity contribution in [3.05, 3.63) is 57.6 Å². The molecule has 2 rings (SSSR count). The number of nitrogens with zero attached hydrogens (tertiary/aromatic N) is 1. The monoisotopic (exact) mass is 364 g/mol. The average Bonchev–Trinajstić information content (AvgIpc) is 2.48. The summed E-state index contributed by atoms with van der Waals surface area (Å²) in [5.74, 6) is -0.645. The minimum absolute atomic E-state index is 0.175. The first-order valence-corrected chi connectivity index (χ1v) is 8.14. The highest BCUT2D eigenvalue weighted by molar-refractivity contribution is 6.40. The molecule has 0 unspecified atom stereocenters. The predicted molar refractivity (Wildman–Crippen MR) is 99.0 cm³/mol. The number of para-hydroxylation sites is 1. The van der Waals surface area contributed by atoms with E-state index in [1.54, 1.807) is 18.2 Å². The molecule has 4 nitrogen and oxygen atoms in total. The van der Waals surface area contributed by atoms with Crippen LogP contribution in [0.2, 0.25) is 10.0 Å². The molecular formula is C18H18Cl2N2O2. The topological polar surface area (TPSA) is 49.4 Å². The number of halogens is 2. The van der Waals surface area contributed by atoms with Gasteiger partial charge >= 0.3 is 0 Å². The van der Waals surface area contributed by atoms with Gasteiger partial charge in [-0.1, -0.05) is 47.0 Å². The Bertz CT molecular complexity index is 770. The number of benzene rings is 2. The van der Waals surface area contributed by atoms with Crippen molar-refractivity contribution < 1.29 is 9.59 Å². The summed E-state index contributed by atoms with van der Waals surface area (Å²) in [6.07, 6.45) is 0. The number of nitrogens with one attached hydrogen (secondary N) is 1. The smallest absolute Gasteiger partial charge is 0.244 e. The molecule has 2 aromatic rings. The first-order valence-electron chi connectivity index (χ1n) is 7.39. The van der Waals surface area contributed by atoms with Gasteiger partial charge in [-0.2, -0.15) is 0 Å². The first-order chi connectivity index (χ1) is 11.3. The zero-order chi connectivity index (χ0) is 17.9. The van der Waals surface area contributed by atoms with E-state index in [-0.39, 0.29) is 18.4 Å². The van der Waals surface area contributed by atoms with Crippen molar-refractivity contribution in [1.82, 2.24) is 0 Å². The van der Waals surface area contributed by atoms with Crippen molar-refractivity contribution in [1.29, 1.82) is 0 Å². The van der Waals surface area contributed by atoms with Crippen LogP contribution in [0.1, 0.15) is 18.1 Å². The molecule has 0 spiro atoms. The predicted octanol–water partition coefficient (Wildman–Crippen LogP) is 4.60. The molecule has 0 aliphatic carbocycles. The summed E-state index contributed by atoms with van der Waals surface area (Å²) in [5.41, 5.74) is 3.11. The molecule has 24 heavy (non-hydrogen) atoms. The van der Waals surface area contributed by atoms with Crippen LogP contribution in [0, 0.1) is 13.8 Å². The SMILES string of the molecule is CC(=O)N(CC(=O)Nc1ccc(C)cc1C)c1c(Cl)cccc1Cl. The molecule has 0 saturated heterocycles. The molecular weight excluding hydrogens is 347 g/mol. The summed E-state index contributed by atoms with van der Waals surface area (Å²) < 4.78 is 0. The Balaban J connectivity index is 2.22. The standard InChI is InChI=1S/C18H18Cl2N2O2/c1-11-7-8-16(12(2)9-11)21-17(24)10-22(13(3)23)18-14(19)5-4-6-15(18)20/h4-9H,10H2,1-3H3,(H,21,24). The first kappa shape index (κ1) is 18.3. The van der Waals surface area contributed by atoms with Crippen LogP contribution >= 0.6 is 23.2 Å². The Morgan fingerprint density at radius 3 is 2.25 bits per heavy atom. The lowest BCUT2D eigenvalue weighted by atomic mass is 10.1. The summed E-state index contributed by atoms with van der Waals surface area (Å²) in [7, 11) is 0. The normalized spacial score (nSPS) is 10.4. The highest BCUT2D eigenvalue weighted by Crippen LogP contribution is 2.33. The third-order valence-corrected chi connectivity index (χ3v) is 4.16. The van der Waals surface area contributed by atoms with E-state index in [4.69, 9.17) is 23.2 Å². The Morgan fingerprint density at radius 2 is 1.71 bits per heavy atom. The lowest BCUT2D eigenvalue weighted by Gasteiger charge is -2.23. The zero-order valence-corrected chi connectivity index (χ0v) is 15.2. The van der Waals surface area contributed by atoms with Crippen LogP contribution < -0.4 is 10.2 Å². The Kier molecular flexibility index (Phi) is 5.86. The van der Waals surface area contributed by atoms with Gasteiger partial charge in [-0.25, -0.2) is 0 Å². The Morgan fingerprint density at radius 1 is 1.08 bits per heavy atom. The fourth-order valence-corrected chi connectivity index (χ4v) is 2.98. The molecule has 0 fully saturated rings. The molecule has 1 N–H and O–H groups in total. The zero-order valence-electron chi connectivity index (χ0n) is 13.7. The quantitative estimate of drug-likeness (QED) is 0.861. The van der Waals surface area contributed by atoms with Gasteiger partial charge in [0.15, 0.2) is 0 Å². The van der Waals surface area contributed by atoms with Gasteiger partial charge in [0.25, 0.3) is 0 Å². The van der Waals surface area contributed by atoms with Crippen molar-refractivity contribution in [2.24, 2.45) is 0 Å². The lowest BCUT2D eigenvalue weighted by Crippen LogP contribution is -2.37. The third-order valence-electron chi connectivity index (χ3n) is 3.55. The number of anilines is 2. The molecule has 2 amide bonds. The second-order valence-corrected chi connectivity index (χ2v) is 6.36. The van der Waals surface area contributed by atoms with Gasteiger partial charge in [0, 0.05) is 12.6 Å². The summed E-state index contributed by atoms with van der Waals surface area (Å²) in [5, 5.41) is 3.45. The van der Waals surface area contributed by atoms with E-state index >= 15 is 0 Å². The van der Waals surface area contributed by atoms with Crippen LogP contribution in [-0.2, 0) is 9.59 Å². The van der Waals surface area contributed by atoms with Gasteiger partial charge in [0.05, 0.1) is 15.7 Å². The molecule has 0 heterocycles. The molecule has 2 aromatic carbocycles. The number of rotatable bonds is 4. The Hall–Kier alpha value is -2.04. The highest BCUT2D eigenvalue weighted by atomic mass is 35.5. The number of hydrogen-bond acceptors (Lipinski definition) is 2. The third kappa shape index (κ3) is 4.28. The van der Waals surface area contributed by atoms with E-state index in [9.17, 15) is 9.59 Å². The van der Waals surface area contributed by atoms with E-state index in [1.165, 1.54) is 11.8 Å². The van der Waals surface area contributed by atoms with Gasteiger partial charge in [0.1, 0.15) is 6.54 Å². The van der Waals surface area contributed by atoms with Gasteiger partial charge in [-0.15, -0.1) is 0 Å². The van der Waals surface area contributed by atoms with E-state index < -0.39 is 0 Å².